The van der Waals surface area contributed by atoms with Crippen molar-refractivity contribution in [3.05, 3.63) is 108 Å². The van der Waals surface area contributed by atoms with E-state index in [4.69, 9.17) is 5.10 Å². The molecule has 0 fully saturated rings. The van der Waals surface area contributed by atoms with Gasteiger partial charge < -0.3 is 5.32 Å². The SMILES string of the molecule is O=C(N[C@@H]1CCCc2ccccc21)c1cn(Cc2ccccc2)nc1-c1cccnc1. The van der Waals surface area contributed by atoms with Gasteiger partial charge >= 0.3 is 0 Å². The van der Waals surface area contributed by atoms with Gasteiger partial charge in [-0.1, -0.05) is 54.6 Å². The van der Waals surface area contributed by atoms with Crippen molar-refractivity contribution in [1.82, 2.24) is 20.1 Å². The quantitative estimate of drug-likeness (QED) is 0.516. The lowest BCUT2D eigenvalue weighted by Crippen LogP contribution is -2.31. The molecule has 1 N–H and O–H groups in total. The number of nitrogens with one attached hydrogen (secondary N) is 1. The molecule has 5 heteroatoms. The van der Waals surface area contributed by atoms with Crippen molar-refractivity contribution in [2.45, 2.75) is 31.8 Å². The van der Waals surface area contributed by atoms with Gasteiger partial charge in [-0.25, -0.2) is 0 Å². The summed E-state index contributed by atoms with van der Waals surface area (Å²) in [5.41, 5.74) is 5.75. The standard InChI is InChI=1S/C26H24N4O/c31-26(28-24-14-6-11-20-10-4-5-13-22(20)24)23-18-30(17-19-8-2-1-3-9-19)29-25(23)21-12-7-15-27-16-21/h1-5,7-10,12-13,15-16,18,24H,6,11,14,17H2,(H,28,31)/t24-/m1/s1. The normalized spacial score (nSPS) is 15.3. The van der Waals surface area contributed by atoms with E-state index in [2.05, 4.69) is 40.6 Å². The molecule has 1 aliphatic rings. The van der Waals surface area contributed by atoms with Gasteiger partial charge in [-0.2, -0.15) is 5.10 Å². The molecule has 5 rings (SSSR count). The van der Waals surface area contributed by atoms with Gasteiger partial charge in [0.05, 0.1) is 18.2 Å². The Morgan fingerprint density at radius 1 is 1.03 bits per heavy atom. The van der Waals surface area contributed by atoms with Gasteiger partial charge in [-0.15, -0.1) is 0 Å². The molecule has 1 atom stereocenters. The monoisotopic (exact) mass is 408 g/mol. The number of aryl methyl sites for hydroxylation is 1. The molecule has 154 valence electrons. The zero-order valence-corrected chi connectivity index (χ0v) is 17.2. The molecular weight excluding hydrogens is 384 g/mol. The maximum absolute atomic E-state index is 13.4. The largest absolute Gasteiger partial charge is 0.345 e. The van der Waals surface area contributed by atoms with Crippen LogP contribution in [0.3, 0.4) is 0 Å². The van der Waals surface area contributed by atoms with E-state index in [1.54, 1.807) is 12.4 Å². The van der Waals surface area contributed by atoms with E-state index in [0.29, 0.717) is 17.8 Å². The van der Waals surface area contributed by atoms with Crippen LogP contribution in [0.1, 0.15) is 45.9 Å². The lowest BCUT2D eigenvalue weighted by molar-refractivity contribution is 0.0933. The number of carbonyl (C=O) groups excluding carboxylic acids is 1. The number of aromatic nitrogens is 3. The predicted molar refractivity (Wildman–Crippen MR) is 121 cm³/mol. The average molecular weight is 409 g/mol. The van der Waals surface area contributed by atoms with Crippen molar-refractivity contribution in [1.29, 1.82) is 0 Å². The smallest absolute Gasteiger partial charge is 0.255 e. The van der Waals surface area contributed by atoms with Crippen molar-refractivity contribution in [3.8, 4) is 11.3 Å². The van der Waals surface area contributed by atoms with Crippen molar-refractivity contribution < 1.29 is 4.79 Å². The zero-order valence-electron chi connectivity index (χ0n) is 17.2. The van der Waals surface area contributed by atoms with Gasteiger partial charge in [0.25, 0.3) is 5.91 Å². The Morgan fingerprint density at radius 3 is 2.71 bits per heavy atom. The zero-order chi connectivity index (χ0) is 21.0. The Balaban J connectivity index is 1.47. The van der Waals surface area contributed by atoms with Crippen LogP contribution in [0.2, 0.25) is 0 Å². The second-order valence-electron chi connectivity index (χ2n) is 7.93. The summed E-state index contributed by atoms with van der Waals surface area (Å²) in [5, 5.41) is 8.02. The number of benzene rings is 2. The van der Waals surface area contributed by atoms with Crippen LogP contribution in [-0.2, 0) is 13.0 Å². The topological polar surface area (TPSA) is 59.8 Å². The number of amides is 1. The van der Waals surface area contributed by atoms with Crippen LogP contribution in [-0.4, -0.2) is 20.7 Å². The first kappa shape index (κ1) is 19.2. The van der Waals surface area contributed by atoms with Gasteiger partial charge in [0.15, 0.2) is 0 Å². The summed E-state index contributed by atoms with van der Waals surface area (Å²) in [6, 6.07) is 22.4. The molecule has 0 radical (unpaired) electrons. The summed E-state index contributed by atoms with van der Waals surface area (Å²) >= 11 is 0. The highest BCUT2D eigenvalue weighted by Crippen LogP contribution is 2.30. The molecule has 31 heavy (non-hydrogen) atoms. The van der Waals surface area contributed by atoms with Crippen LogP contribution < -0.4 is 5.32 Å². The number of pyridine rings is 1. The predicted octanol–water partition coefficient (Wildman–Crippen LogP) is 4.80. The van der Waals surface area contributed by atoms with Crippen molar-refractivity contribution in [2.75, 3.05) is 0 Å². The summed E-state index contributed by atoms with van der Waals surface area (Å²) in [7, 11) is 0. The first-order valence-corrected chi connectivity index (χ1v) is 10.7. The maximum atomic E-state index is 13.4. The molecule has 5 nitrogen and oxygen atoms in total. The number of carbonyl (C=O) groups is 1. The van der Waals surface area contributed by atoms with Crippen LogP contribution >= 0.6 is 0 Å². The van der Waals surface area contributed by atoms with Crippen LogP contribution in [0.25, 0.3) is 11.3 Å². The molecule has 2 heterocycles. The number of rotatable bonds is 5. The Labute approximate surface area is 181 Å². The van der Waals surface area contributed by atoms with Crippen LogP contribution in [0, 0.1) is 0 Å². The van der Waals surface area contributed by atoms with Gasteiger partial charge in [-0.05, 0) is 48.1 Å². The number of hydrogen-bond donors (Lipinski definition) is 1. The third-order valence-electron chi connectivity index (χ3n) is 5.80. The molecule has 0 aliphatic heterocycles. The van der Waals surface area contributed by atoms with Gasteiger partial charge in [0.1, 0.15) is 5.69 Å². The van der Waals surface area contributed by atoms with E-state index in [1.165, 1.54) is 11.1 Å². The lowest BCUT2D eigenvalue weighted by atomic mass is 9.87. The van der Waals surface area contributed by atoms with E-state index in [9.17, 15) is 4.79 Å². The van der Waals surface area contributed by atoms with Crippen LogP contribution in [0.4, 0.5) is 0 Å². The molecule has 0 bridgehead atoms. The Kier molecular flexibility index (Phi) is 5.31. The highest BCUT2D eigenvalue weighted by atomic mass is 16.1. The van der Waals surface area contributed by atoms with E-state index < -0.39 is 0 Å². The summed E-state index contributed by atoms with van der Waals surface area (Å²) in [6.07, 6.45) is 8.41. The Hall–Kier alpha value is -3.73. The van der Waals surface area contributed by atoms with Crippen molar-refractivity contribution in [3.63, 3.8) is 0 Å². The minimum atomic E-state index is -0.0973. The molecule has 4 aromatic rings. The van der Waals surface area contributed by atoms with Gasteiger partial charge in [0.2, 0.25) is 0 Å². The van der Waals surface area contributed by atoms with E-state index in [0.717, 1.165) is 30.4 Å². The van der Waals surface area contributed by atoms with Crippen molar-refractivity contribution in [2.24, 2.45) is 0 Å². The summed E-state index contributed by atoms with van der Waals surface area (Å²) in [6.45, 7) is 0.605. The maximum Gasteiger partial charge on any atom is 0.255 e. The summed E-state index contributed by atoms with van der Waals surface area (Å²) in [4.78, 5) is 17.6. The number of fused-ring (bicyclic) bond motifs is 1. The molecule has 2 aromatic carbocycles. The lowest BCUT2D eigenvalue weighted by Gasteiger charge is -2.26. The minimum absolute atomic E-state index is 0.0247. The van der Waals surface area contributed by atoms with Crippen LogP contribution in [0.5, 0.6) is 0 Å². The first-order chi connectivity index (χ1) is 15.3. The summed E-state index contributed by atoms with van der Waals surface area (Å²) < 4.78 is 1.83. The van der Waals surface area contributed by atoms with E-state index in [-0.39, 0.29) is 11.9 Å². The highest BCUT2D eigenvalue weighted by molar-refractivity contribution is 6.00. The van der Waals surface area contributed by atoms with Gasteiger partial charge in [-0.3, -0.25) is 14.5 Å². The van der Waals surface area contributed by atoms with Gasteiger partial charge in [0, 0.05) is 24.2 Å². The van der Waals surface area contributed by atoms with Crippen molar-refractivity contribution >= 4 is 5.91 Å². The Bertz CT molecular complexity index is 1180. The molecule has 1 amide bonds. The average Bonchev–Trinajstić information content (AvgIpc) is 3.24. The van der Waals surface area contributed by atoms with Crippen LogP contribution in [0.15, 0.2) is 85.3 Å². The molecule has 0 unspecified atom stereocenters. The van der Waals surface area contributed by atoms with E-state index in [1.807, 2.05) is 47.3 Å². The highest BCUT2D eigenvalue weighted by Gasteiger charge is 2.25. The molecule has 0 saturated carbocycles. The fourth-order valence-corrected chi connectivity index (χ4v) is 4.29. The molecule has 2 aromatic heterocycles. The fraction of sp³-hybridized carbons (Fsp3) is 0.192. The third kappa shape index (κ3) is 4.12. The molecule has 1 aliphatic carbocycles. The van der Waals surface area contributed by atoms with E-state index >= 15 is 0 Å². The molecule has 0 spiro atoms. The number of nitrogens with zero attached hydrogens (tertiary/aromatic N) is 3. The molecular formula is C26H24N4O. The second kappa shape index (κ2) is 8.56. The minimum Gasteiger partial charge on any atom is -0.345 e. The summed E-state index contributed by atoms with van der Waals surface area (Å²) in [5.74, 6) is -0.0973. The Morgan fingerprint density at radius 2 is 1.87 bits per heavy atom. The third-order valence-corrected chi connectivity index (χ3v) is 5.80. The number of hydrogen-bond acceptors (Lipinski definition) is 3. The molecule has 0 saturated heterocycles. The second-order valence-corrected chi connectivity index (χ2v) is 7.93. The first-order valence-electron chi connectivity index (χ1n) is 10.7. The fourth-order valence-electron chi connectivity index (χ4n) is 4.29.